The minimum absolute atomic E-state index is 1.09. The molecule has 4 nitrogen and oxygen atoms in total. The van der Waals surface area contributed by atoms with Gasteiger partial charge in [0.1, 0.15) is 0 Å². The number of hydrogen-bond acceptors (Lipinski definition) is 1. The van der Waals surface area contributed by atoms with Gasteiger partial charge in [-0.25, -0.2) is 0 Å². The third kappa shape index (κ3) is 1.48. The molecule has 0 spiro atoms. The van der Waals surface area contributed by atoms with Gasteiger partial charge in [-0.05, 0) is 36.4 Å². The molecule has 5 N–H and O–H groups in total. The highest BCUT2D eigenvalue weighted by Crippen LogP contribution is 1.97. The zero-order valence-electron chi connectivity index (χ0n) is 9.27. The second-order valence-corrected chi connectivity index (χ2v) is 7.29. The molecule has 0 amide bonds. The Bertz CT molecular complexity index is 482. The van der Waals surface area contributed by atoms with Crippen molar-refractivity contribution in [2.45, 2.75) is 0 Å². The van der Waals surface area contributed by atoms with Crippen LogP contribution in [0.1, 0.15) is 0 Å². The number of H-pyrrole nitrogens is 3. The lowest BCUT2D eigenvalue weighted by atomic mass is 10.7. The molecule has 0 radical (unpaired) electrons. The second kappa shape index (κ2) is 3.79. The van der Waals surface area contributed by atoms with Gasteiger partial charge in [-0.2, -0.15) is 0 Å². The zero-order chi connectivity index (χ0) is 11.7. The summed E-state index contributed by atoms with van der Waals surface area (Å²) in [6.45, 7) is 0. The van der Waals surface area contributed by atoms with E-state index in [2.05, 4.69) is 15.0 Å². The molecule has 0 aliphatic carbocycles. The molecule has 3 aromatic heterocycles. The van der Waals surface area contributed by atoms with Gasteiger partial charge in [-0.15, -0.1) is 0 Å². The molecular formula is C12H14N4Si. The molecule has 0 unspecified atom stereocenters. The van der Waals surface area contributed by atoms with Crippen LogP contribution >= 0.6 is 0 Å². The van der Waals surface area contributed by atoms with E-state index >= 15 is 0 Å². The van der Waals surface area contributed by atoms with Gasteiger partial charge < -0.3 is 20.4 Å². The monoisotopic (exact) mass is 242 g/mol. The fraction of sp³-hybridized carbons (Fsp3) is 0. The summed E-state index contributed by atoms with van der Waals surface area (Å²) < 4.78 is 0. The van der Waals surface area contributed by atoms with Crippen LogP contribution in [0.25, 0.3) is 0 Å². The van der Waals surface area contributed by atoms with Crippen molar-refractivity contribution in [2.24, 2.45) is 5.40 Å². The molecule has 3 rings (SSSR count). The van der Waals surface area contributed by atoms with E-state index in [4.69, 9.17) is 5.40 Å². The van der Waals surface area contributed by atoms with Crippen molar-refractivity contribution in [3.63, 3.8) is 0 Å². The van der Waals surface area contributed by atoms with E-state index in [1.165, 1.54) is 0 Å². The maximum Gasteiger partial charge on any atom is 0.268 e. The number of hydrogen-bond donors (Lipinski definition) is 4. The summed E-state index contributed by atoms with van der Waals surface area (Å²) >= 11 is 0. The smallest absolute Gasteiger partial charge is 0.268 e. The first-order valence-electron chi connectivity index (χ1n) is 5.52. The van der Waals surface area contributed by atoms with Gasteiger partial charge in [0.2, 0.25) is 0 Å². The van der Waals surface area contributed by atoms with Crippen LogP contribution in [-0.4, -0.2) is 23.2 Å². The van der Waals surface area contributed by atoms with Crippen LogP contribution in [-0.2, 0) is 0 Å². The molecule has 17 heavy (non-hydrogen) atoms. The van der Waals surface area contributed by atoms with Crippen LogP contribution in [0.5, 0.6) is 0 Å². The summed E-state index contributed by atoms with van der Waals surface area (Å²) in [6, 6.07) is 12.1. The summed E-state index contributed by atoms with van der Waals surface area (Å²) in [4.78, 5) is 9.75. The minimum atomic E-state index is -2.39. The summed E-state index contributed by atoms with van der Waals surface area (Å²) in [5.74, 6) is 0. The van der Waals surface area contributed by atoms with E-state index in [-0.39, 0.29) is 0 Å². The van der Waals surface area contributed by atoms with Gasteiger partial charge in [0.15, 0.2) is 0 Å². The Hall–Kier alpha value is -1.98. The zero-order valence-corrected chi connectivity index (χ0v) is 10.3. The molecule has 3 aromatic rings. The van der Waals surface area contributed by atoms with Crippen LogP contribution in [0.15, 0.2) is 55.0 Å². The average Bonchev–Trinajstić information content (AvgIpc) is 3.10. The number of nitrogens with two attached hydrogens (primary N) is 1. The van der Waals surface area contributed by atoms with Crippen molar-refractivity contribution in [2.75, 3.05) is 0 Å². The van der Waals surface area contributed by atoms with Crippen LogP contribution in [0.4, 0.5) is 0 Å². The quantitative estimate of drug-likeness (QED) is 0.464. The molecular weight excluding hydrogens is 228 g/mol. The van der Waals surface area contributed by atoms with Crippen molar-refractivity contribution in [3.05, 3.63) is 55.0 Å². The van der Waals surface area contributed by atoms with E-state index in [0.717, 1.165) is 16.0 Å². The first-order chi connectivity index (χ1) is 8.32. The minimum Gasteiger partial charge on any atom is -0.366 e. The van der Waals surface area contributed by atoms with E-state index in [0.29, 0.717) is 0 Å². The predicted molar refractivity (Wildman–Crippen MR) is 71.2 cm³/mol. The van der Waals surface area contributed by atoms with E-state index in [1.807, 2.05) is 55.0 Å². The molecule has 86 valence electrons. The van der Waals surface area contributed by atoms with Crippen molar-refractivity contribution in [3.8, 4) is 0 Å². The molecule has 0 aliphatic rings. The highest BCUT2D eigenvalue weighted by atomic mass is 28.3. The van der Waals surface area contributed by atoms with Gasteiger partial charge >= 0.3 is 0 Å². The lowest BCUT2D eigenvalue weighted by Gasteiger charge is -2.23. The lowest BCUT2D eigenvalue weighted by molar-refractivity contribution is 1.38. The van der Waals surface area contributed by atoms with Crippen molar-refractivity contribution in [1.82, 2.24) is 15.0 Å². The fourth-order valence-corrected chi connectivity index (χ4v) is 5.04. The van der Waals surface area contributed by atoms with Gasteiger partial charge in [-0.1, -0.05) is 0 Å². The summed E-state index contributed by atoms with van der Waals surface area (Å²) in [5.41, 5.74) is 0. The van der Waals surface area contributed by atoms with E-state index in [1.54, 1.807) is 0 Å². The Kier molecular flexibility index (Phi) is 2.27. The topological polar surface area (TPSA) is 73.4 Å². The molecule has 0 saturated heterocycles. The molecule has 0 saturated carbocycles. The largest absolute Gasteiger partial charge is 0.366 e. The standard InChI is InChI=1S/C12H14N4Si/c13-17(10-4-1-7-14-10,11-5-2-8-15-11)12-6-3-9-16-12/h1-9,14-16H,13H2. The first kappa shape index (κ1) is 10.2. The van der Waals surface area contributed by atoms with Gasteiger partial charge in [-0.3, -0.25) is 0 Å². The molecule has 0 aliphatic heterocycles. The Morgan fingerprint density at radius 1 is 0.706 bits per heavy atom. The van der Waals surface area contributed by atoms with Crippen LogP contribution in [0.2, 0.25) is 0 Å². The van der Waals surface area contributed by atoms with Crippen LogP contribution in [0.3, 0.4) is 0 Å². The average molecular weight is 242 g/mol. The highest BCUT2D eigenvalue weighted by molar-refractivity contribution is 7.08. The molecule has 0 aromatic carbocycles. The SMILES string of the molecule is N[Si](c1ccc[nH]1)(c1ccc[nH]1)c1ccc[nH]1. The number of aromatic nitrogens is 3. The molecule has 3 heterocycles. The predicted octanol–water partition coefficient (Wildman–Crippen LogP) is -0.403. The summed E-state index contributed by atoms with van der Waals surface area (Å²) in [5, 5.41) is 10.00. The van der Waals surface area contributed by atoms with Crippen LogP contribution < -0.4 is 21.4 Å². The maximum atomic E-state index is 6.74. The lowest BCUT2D eigenvalue weighted by Crippen LogP contribution is -2.75. The molecule has 5 heteroatoms. The Morgan fingerprint density at radius 3 is 1.29 bits per heavy atom. The van der Waals surface area contributed by atoms with Gasteiger partial charge in [0, 0.05) is 34.5 Å². The van der Waals surface area contributed by atoms with Crippen molar-refractivity contribution in [1.29, 1.82) is 0 Å². The first-order valence-corrected chi connectivity index (χ1v) is 7.60. The number of nitrogens with one attached hydrogen (secondary N) is 3. The second-order valence-electron chi connectivity index (χ2n) is 4.06. The third-order valence-electron chi connectivity index (χ3n) is 3.07. The Balaban J connectivity index is 2.21. The van der Waals surface area contributed by atoms with Gasteiger partial charge in [0.25, 0.3) is 8.24 Å². The number of aromatic amines is 3. The maximum absolute atomic E-state index is 6.74. The van der Waals surface area contributed by atoms with Crippen molar-refractivity contribution >= 4 is 24.2 Å². The van der Waals surface area contributed by atoms with E-state index < -0.39 is 8.24 Å². The molecule has 0 atom stereocenters. The highest BCUT2D eigenvalue weighted by Gasteiger charge is 2.38. The normalized spacial score (nSPS) is 11.8. The molecule has 0 fully saturated rings. The Labute approximate surface area is 100.0 Å². The Morgan fingerprint density at radius 2 is 1.06 bits per heavy atom. The van der Waals surface area contributed by atoms with E-state index in [9.17, 15) is 0 Å². The van der Waals surface area contributed by atoms with Crippen molar-refractivity contribution < 1.29 is 0 Å². The van der Waals surface area contributed by atoms with Crippen LogP contribution in [0, 0.1) is 0 Å². The third-order valence-corrected chi connectivity index (χ3v) is 6.55. The summed E-state index contributed by atoms with van der Waals surface area (Å²) in [7, 11) is -2.39. The summed E-state index contributed by atoms with van der Waals surface area (Å²) in [6.07, 6.45) is 5.74. The van der Waals surface area contributed by atoms with Gasteiger partial charge in [0.05, 0.1) is 0 Å². The fourth-order valence-electron chi connectivity index (χ4n) is 2.16. The number of rotatable bonds is 3. The molecule has 0 bridgehead atoms.